The van der Waals surface area contributed by atoms with Crippen molar-refractivity contribution in [1.82, 2.24) is 0 Å². The van der Waals surface area contributed by atoms with Crippen LogP contribution in [0.2, 0.25) is 0 Å². The lowest BCUT2D eigenvalue weighted by Gasteiger charge is -2.15. The molecule has 1 N–H and O–H groups in total. The van der Waals surface area contributed by atoms with Gasteiger partial charge in [-0.2, -0.15) is 0 Å². The summed E-state index contributed by atoms with van der Waals surface area (Å²) in [6.45, 7) is 1.80. The second kappa shape index (κ2) is 7.36. The van der Waals surface area contributed by atoms with E-state index >= 15 is 0 Å². The molecule has 0 aliphatic rings. The molecular formula is C17H19NO4. The summed E-state index contributed by atoms with van der Waals surface area (Å²) in [5, 5.41) is 2.78. The van der Waals surface area contributed by atoms with Crippen molar-refractivity contribution in [2.75, 3.05) is 26.1 Å². The van der Waals surface area contributed by atoms with Crippen molar-refractivity contribution < 1.29 is 19.0 Å². The summed E-state index contributed by atoms with van der Waals surface area (Å²) in [4.78, 5) is 12.0. The smallest absolute Gasteiger partial charge is 0.262 e. The van der Waals surface area contributed by atoms with Crippen molar-refractivity contribution in [3.8, 4) is 17.2 Å². The lowest BCUT2D eigenvalue weighted by molar-refractivity contribution is -0.118. The Kier molecular flexibility index (Phi) is 5.25. The predicted molar refractivity (Wildman–Crippen MR) is 84.8 cm³/mol. The van der Waals surface area contributed by atoms with Crippen molar-refractivity contribution in [2.45, 2.75) is 6.92 Å². The molecule has 5 heteroatoms. The van der Waals surface area contributed by atoms with E-state index in [0.717, 1.165) is 5.56 Å². The molecule has 2 aromatic rings. The second-order valence-corrected chi connectivity index (χ2v) is 4.62. The van der Waals surface area contributed by atoms with Crippen molar-refractivity contribution >= 4 is 11.6 Å². The fraction of sp³-hybridized carbons (Fsp3) is 0.235. The highest BCUT2D eigenvalue weighted by Crippen LogP contribution is 2.34. The van der Waals surface area contributed by atoms with E-state index < -0.39 is 0 Å². The van der Waals surface area contributed by atoms with Crippen LogP contribution < -0.4 is 19.5 Å². The zero-order valence-electron chi connectivity index (χ0n) is 12.9. The highest BCUT2D eigenvalue weighted by Gasteiger charge is 2.13. The molecule has 0 fully saturated rings. The first kappa shape index (κ1) is 15.7. The Morgan fingerprint density at radius 1 is 1.05 bits per heavy atom. The van der Waals surface area contributed by atoms with Crippen LogP contribution in [0.3, 0.4) is 0 Å². The molecule has 0 unspecified atom stereocenters. The van der Waals surface area contributed by atoms with E-state index in [1.165, 1.54) is 0 Å². The zero-order chi connectivity index (χ0) is 15.9. The monoisotopic (exact) mass is 301 g/mol. The highest BCUT2D eigenvalue weighted by atomic mass is 16.5. The maximum Gasteiger partial charge on any atom is 0.262 e. The normalized spacial score (nSPS) is 9.95. The fourth-order valence-electron chi connectivity index (χ4n) is 2.11. The van der Waals surface area contributed by atoms with Gasteiger partial charge in [0.15, 0.2) is 6.61 Å². The predicted octanol–water partition coefficient (Wildman–Crippen LogP) is 3.03. The maximum atomic E-state index is 12.0. The molecule has 0 aliphatic heterocycles. The first-order chi connectivity index (χ1) is 10.7. The summed E-state index contributed by atoms with van der Waals surface area (Å²) in [5.74, 6) is 1.67. The van der Waals surface area contributed by atoms with Crippen LogP contribution in [-0.4, -0.2) is 26.7 Å². The summed E-state index contributed by atoms with van der Waals surface area (Å²) < 4.78 is 16.0. The van der Waals surface area contributed by atoms with Gasteiger partial charge in [0, 0.05) is 5.56 Å². The van der Waals surface area contributed by atoms with Crippen LogP contribution in [0.4, 0.5) is 5.69 Å². The number of anilines is 1. The van der Waals surface area contributed by atoms with E-state index in [2.05, 4.69) is 5.32 Å². The molecule has 0 heterocycles. The van der Waals surface area contributed by atoms with Crippen LogP contribution >= 0.6 is 0 Å². The van der Waals surface area contributed by atoms with Crippen molar-refractivity contribution in [2.24, 2.45) is 0 Å². The third-order valence-corrected chi connectivity index (χ3v) is 3.17. The van der Waals surface area contributed by atoms with Crippen LogP contribution in [0.15, 0.2) is 42.5 Å². The Hall–Kier alpha value is -2.69. The lowest BCUT2D eigenvalue weighted by Crippen LogP contribution is -2.20. The van der Waals surface area contributed by atoms with E-state index in [-0.39, 0.29) is 12.5 Å². The number of rotatable bonds is 6. The van der Waals surface area contributed by atoms with Crippen LogP contribution in [0.1, 0.15) is 5.56 Å². The molecule has 0 radical (unpaired) electrons. The molecule has 5 nitrogen and oxygen atoms in total. The van der Waals surface area contributed by atoms with E-state index in [1.54, 1.807) is 38.5 Å². The van der Waals surface area contributed by atoms with Crippen molar-refractivity contribution in [3.63, 3.8) is 0 Å². The molecule has 0 saturated heterocycles. The second-order valence-electron chi connectivity index (χ2n) is 4.62. The van der Waals surface area contributed by atoms with Gasteiger partial charge in [0.2, 0.25) is 0 Å². The molecule has 116 valence electrons. The summed E-state index contributed by atoms with van der Waals surface area (Å²) in [6.07, 6.45) is 0. The topological polar surface area (TPSA) is 56.8 Å². The van der Waals surface area contributed by atoms with Gasteiger partial charge in [0.05, 0.1) is 19.9 Å². The average Bonchev–Trinajstić information content (AvgIpc) is 2.54. The number of benzene rings is 2. The molecule has 0 aliphatic carbocycles. The number of nitrogens with one attached hydrogen (secondary N) is 1. The van der Waals surface area contributed by atoms with Gasteiger partial charge in [-0.1, -0.05) is 18.2 Å². The lowest BCUT2D eigenvalue weighted by atomic mass is 10.1. The molecule has 0 spiro atoms. The molecule has 22 heavy (non-hydrogen) atoms. The molecule has 0 bridgehead atoms. The van der Waals surface area contributed by atoms with Gasteiger partial charge in [0.25, 0.3) is 5.91 Å². The molecule has 0 saturated carbocycles. The van der Waals surface area contributed by atoms with E-state index in [1.807, 2.05) is 25.1 Å². The van der Waals surface area contributed by atoms with Crippen molar-refractivity contribution in [3.05, 3.63) is 48.0 Å². The van der Waals surface area contributed by atoms with Gasteiger partial charge in [-0.15, -0.1) is 0 Å². The van der Waals surface area contributed by atoms with Gasteiger partial charge >= 0.3 is 0 Å². The molecular weight excluding hydrogens is 282 g/mol. The molecule has 1 amide bonds. The summed E-state index contributed by atoms with van der Waals surface area (Å²) in [5.41, 5.74) is 1.41. The Labute approximate surface area is 129 Å². The average molecular weight is 301 g/mol. The van der Waals surface area contributed by atoms with Crippen LogP contribution in [0.25, 0.3) is 0 Å². The van der Waals surface area contributed by atoms with Crippen molar-refractivity contribution in [1.29, 1.82) is 0 Å². The zero-order valence-corrected chi connectivity index (χ0v) is 12.9. The minimum absolute atomic E-state index is 0.0712. The number of methoxy groups -OCH3 is 2. The van der Waals surface area contributed by atoms with Crippen LogP contribution in [0, 0.1) is 6.92 Å². The quantitative estimate of drug-likeness (QED) is 0.891. The molecule has 2 aromatic carbocycles. The molecule has 2 rings (SSSR count). The largest absolute Gasteiger partial charge is 0.496 e. The fourth-order valence-corrected chi connectivity index (χ4v) is 2.11. The number of para-hydroxylation sites is 1. The highest BCUT2D eigenvalue weighted by molar-refractivity contribution is 5.93. The van der Waals surface area contributed by atoms with Gasteiger partial charge in [-0.3, -0.25) is 4.79 Å². The third-order valence-electron chi connectivity index (χ3n) is 3.17. The minimum atomic E-state index is -0.258. The Morgan fingerprint density at radius 2 is 1.77 bits per heavy atom. The van der Waals surface area contributed by atoms with Gasteiger partial charge < -0.3 is 19.5 Å². The van der Waals surface area contributed by atoms with Gasteiger partial charge in [0.1, 0.15) is 17.2 Å². The first-order valence-corrected chi connectivity index (χ1v) is 6.85. The number of hydrogen-bond donors (Lipinski definition) is 1. The third kappa shape index (κ3) is 3.69. The van der Waals surface area contributed by atoms with Gasteiger partial charge in [-0.25, -0.2) is 0 Å². The van der Waals surface area contributed by atoms with E-state index in [4.69, 9.17) is 14.2 Å². The Morgan fingerprint density at radius 3 is 2.41 bits per heavy atom. The van der Waals surface area contributed by atoms with E-state index in [9.17, 15) is 4.79 Å². The minimum Gasteiger partial charge on any atom is -0.496 e. The Balaban J connectivity index is 2.04. The SMILES string of the molecule is COc1ccc(NC(=O)COc2ccccc2)c(OC)c1C. The molecule has 0 atom stereocenters. The number of hydrogen-bond acceptors (Lipinski definition) is 4. The summed E-state index contributed by atoms with van der Waals surface area (Å²) >= 11 is 0. The number of amides is 1. The Bertz CT molecular complexity index is 641. The van der Waals surface area contributed by atoms with Crippen LogP contribution in [0.5, 0.6) is 17.2 Å². The summed E-state index contributed by atoms with van der Waals surface area (Å²) in [7, 11) is 3.14. The molecule has 0 aromatic heterocycles. The van der Waals surface area contributed by atoms with E-state index in [0.29, 0.717) is 22.9 Å². The first-order valence-electron chi connectivity index (χ1n) is 6.85. The number of carbonyl (C=O) groups excluding carboxylic acids is 1. The van der Waals surface area contributed by atoms with Gasteiger partial charge in [-0.05, 0) is 31.2 Å². The standard InChI is InChI=1S/C17H19NO4/c1-12-15(20-2)10-9-14(17(12)21-3)18-16(19)11-22-13-7-5-4-6-8-13/h4-10H,11H2,1-3H3,(H,18,19). The van der Waals surface area contributed by atoms with Crippen LogP contribution in [-0.2, 0) is 4.79 Å². The number of ether oxygens (including phenoxy) is 3. The summed E-state index contributed by atoms with van der Waals surface area (Å²) in [6, 6.07) is 12.7. The maximum absolute atomic E-state index is 12.0. The number of carbonyl (C=O) groups is 1.